The van der Waals surface area contributed by atoms with Crippen LogP contribution in [-0.2, 0) is 22.7 Å². The van der Waals surface area contributed by atoms with Crippen LogP contribution in [0.3, 0.4) is 0 Å². The number of aromatic nitrogens is 3. The van der Waals surface area contributed by atoms with Crippen molar-refractivity contribution in [3.05, 3.63) is 104 Å². The van der Waals surface area contributed by atoms with Gasteiger partial charge in [-0.1, -0.05) is 65.7 Å². The van der Waals surface area contributed by atoms with Crippen molar-refractivity contribution >= 4 is 40.7 Å². The predicted octanol–water partition coefficient (Wildman–Crippen LogP) is 5.26. The molecule has 5 aromatic rings. The number of fused-ring (bicyclic) bond motifs is 1. The first kappa shape index (κ1) is 34.1. The number of hydrogen-bond donors (Lipinski definition) is 4. The van der Waals surface area contributed by atoms with Crippen LogP contribution in [0.25, 0.3) is 39.2 Å². The summed E-state index contributed by atoms with van der Waals surface area (Å²) in [5.41, 5.74) is 6.36. The van der Waals surface area contributed by atoms with E-state index in [4.69, 9.17) is 38.0 Å². The Hall–Kier alpha value is -4.81. The molecular weight excluding hydrogens is 667 g/mol. The van der Waals surface area contributed by atoms with Gasteiger partial charge in [0, 0.05) is 71.8 Å². The predicted molar refractivity (Wildman–Crippen MR) is 189 cm³/mol. The SMILES string of the molecule is COc1nc(-c2cccc(-c3cccc(-c4cc(C)n5c(=O)c(CNCC(=O)O)cnc5c4)c3Cl)c2Cl)ccc1CNC[C@@H]1CCC(=O)N1. The molecule has 11 nitrogen and oxygen atoms in total. The van der Waals surface area contributed by atoms with E-state index in [1.54, 1.807) is 13.2 Å². The number of pyridine rings is 2. The third kappa shape index (κ3) is 7.30. The van der Waals surface area contributed by atoms with Gasteiger partial charge in [0.05, 0.1) is 35.0 Å². The van der Waals surface area contributed by atoms with Crippen LogP contribution in [0.5, 0.6) is 5.88 Å². The average molecular weight is 702 g/mol. The molecule has 0 aliphatic carbocycles. The van der Waals surface area contributed by atoms with Crippen LogP contribution in [0, 0.1) is 6.92 Å². The van der Waals surface area contributed by atoms with Crippen molar-refractivity contribution in [2.75, 3.05) is 20.2 Å². The molecule has 13 heteroatoms. The number of carbonyl (C=O) groups is 2. The first-order valence-corrected chi connectivity index (χ1v) is 16.5. The zero-order valence-electron chi connectivity index (χ0n) is 26.8. The molecule has 0 spiro atoms. The number of aliphatic carboxylic acids is 1. The second-order valence-electron chi connectivity index (χ2n) is 11.8. The molecule has 1 saturated heterocycles. The zero-order valence-corrected chi connectivity index (χ0v) is 28.4. The lowest BCUT2D eigenvalue weighted by Gasteiger charge is -2.16. The van der Waals surface area contributed by atoms with Crippen molar-refractivity contribution in [3.63, 3.8) is 0 Å². The molecule has 49 heavy (non-hydrogen) atoms. The number of rotatable bonds is 12. The molecule has 0 unspecified atom stereocenters. The maximum atomic E-state index is 13.2. The van der Waals surface area contributed by atoms with E-state index in [1.165, 1.54) is 10.6 Å². The summed E-state index contributed by atoms with van der Waals surface area (Å²) in [6, 6.07) is 19.0. The van der Waals surface area contributed by atoms with Gasteiger partial charge in [-0.2, -0.15) is 0 Å². The number of nitrogens with zero attached hydrogens (tertiary/aromatic N) is 3. The fraction of sp³-hybridized carbons (Fsp3) is 0.250. The van der Waals surface area contributed by atoms with Gasteiger partial charge < -0.3 is 25.8 Å². The second kappa shape index (κ2) is 14.8. The molecule has 1 atom stereocenters. The zero-order chi connectivity index (χ0) is 34.7. The number of carbonyl (C=O) groups excluding carboxylic acids is 1. The molecule has 6 rings (SSSR count). The summed E-state index contributed by atoms with van der Waals surface area (Å²) < 4.78 is 7.13. The van der Waals surface area contributed by atoms with E-state index in [-0.39, 0.29) is 30.6 Å². The van der Waals surface area contributed by atoms with Gasteiger partial charge >= 0.3 is 5.97 Å². The van der Waals surface area contributed by atoms with Crippen LogP contribution in [0.1, 0.15) is 29.7 Å². The minimum atomic E-state index is -1.01. The van der Waals surface area contributed by atoms with E-state index in [9.17, 15) is 14.4 Å². The Balaban J connectivity index is 1.28. The van der Waals surface area contributed by atoms with E-state index in [0.717, 1.165) is 34.2 Å². The molecule has 4 N–H and O–H groups in total. The van der Waals surface area contributed by atoms with Crippen LogP contribution >= 0.6 is 23.2 Å². The molecule has 3 aromatic heterocycles. The van der Waals surface area contributed by atoms with Gasteiger partial charge in [-0.15, -0.1) is 0 Å². The Labute approximate surface area is 292 Å². The summed E-state index contributed by atoms with van der Waals surface area (Å²) in [6.07, 6.45) is 2.84. The lowest BCUT2D eigenvalue weighted by Crippen LogP contribution is -2.35. The highest BCUT2D eigenvalue weighted by atomic mass is 35.5. The highest BCUT2D eigenvalue weighted by Crippen LogP contribution is 2.42. The molecule has 4 heterocycles. The summed E-state index contributed by atoms with van der Waals surface area (Å²) in [5, 5.41) is 18.9. The number of nitrogens with one attached hydrogen (secondary N) is 3. The molecule has 1 amide bonds. The van der Waals surface area contributed by atoms with Gasteiger partial charge in [-0.05, 0) is 37.1 Å². The summed E-state index contributed by atoms with van der Waals surface area (Å²) in [5.74, 6) is -0.447. The standard InChI is InChI=1S/C36H34Cl2N6O5/c1-20-13-22(14-30-41-17-23(36(48)44(20)30)16-40-19-32(46)47)25-5-3-6-26(33(25)37)27-7-4-8-28(34(27)38)29-11-9-21(35(43-29)49-2)15-39-18-24-10-12-31(45)42-24/h3-9,11,13-14,17,24,39-40H,10,12,15-16,18-19H2,1-2H3,(H,42,45)(H,46,47)/t24-/m0/s1. The molecular formula is C36H34Cl2N6O5. The van der Waals surface area contributed by atoms with E-state index in [0.29, 0.717) is 63.6 Å². The monoisotopic (exact) mass is 700 g/mol. The smallest absolute Gasteiger partial charge is 0.317 e. The Morgan fingerprint density at radius 3 is 2.37 bits per heavy atom. The van der Waals surface area contributed by atoms with Crippen LogP contribution in [0.2, 0.25) is 10.0 Å². The van der Waals surface area contributed by atoms with Crippen LogP contribution in [-0.4, -0.2) is 57.6 Å². The van der Waals surface area contributed by atoms with Gasteiger partial charge in [0.25, 0.3) is 5.56 Å². The van der Waals surface area contributed by atoms with Gasteiger partial charge in [-0.3, -0.25) is 18.8 Å². The average Bonchev–Trinajstić information content (AvgIpc) is 3.50. The fourth-order valence-corrected chi connectivity index (χ4v) is 6.70. The number of halogens is 2. The van der Waals surface area contributed by atoms with Crippen molar-refractivity contribution < 1.29 is 19.4 Å². The maximum Gasteiger partial charge on any atom is 0.317 e. The van der Waals surface area contributed by atoms with Gasteiger partial charge in [0.2, 0.25) is 11.8 Å². The summed E-state index contributed by atoms with van der Waals surface area (Å²) in [6.45, 7) is 2.82. The van der Waals surface area contributed by atoms with Crippen LogP contribution in [0.15, 0.2) is 71.7 Å². The van der Waals surface area contributed by atoms with E-state index >= 15 is 0 Å². The number of carboxylic acids is 1. The normalized spacial score (nSPS) is 14.3. The fourth-order valence-electron chi connectivity index (χ4n) is 6.04. The Bertz CT molecular complexity index is 2140. The maximum absolute atomic E-state index is 13.2. The lowest BCUT2D eigenvalue weighted by molar-refractivity contribution is -0.136. The minimum absolute atomic E-state index is 0.0853. The first-order valence-electron chi connectivity index (χ1n) is 15.7. The number of methoxy groups -OCH3 is 1. The molecule has 1 aliphatic heterocycles. The molecule has 0 bridgehead atoms. The summed E-state index contributed by atoms with van der Waals surface area (Å²) >= 11 is 14.2. The number of ether oxygens (including phenoxy) is 1. The summed E-state index contributed by atoms with van der Waals surface area (Å²) in [7, 11) is 1.58. The van der Waals surface area contributed by atoms with Gasteiger partial charge in [0.15, 0.2) is 0 Å². The lowest BCUT2D eigenvalue weighted by atomic mass is 9.96. The molecule has 1 aliphatic rings. The van der Waals surface area contributed by atoms with E-state index in [1.807, 2.05) is 61.5 Å². The van der Waals surface area contributed by atoms with Gasteiger partial charge in [0.1, 0.15) is 5.65 Å². The van der Waals surface area contributed by atoms with E-state index in [2.05, 4.69) is 20.9 Å². The molecule has 252 valence electrons. The highest BCUT2D eigenvalue weighted by Gasteiger charge is 2.21. The number of benzene rings is 2. The van der Waals surface area contributed by atoms with Crippen LogP contribution in [0.4, 0.5) is 0 Å². The van der Waals surface area contributed by atoms with Crippen LogP contribution < -0.4 is 26.2 Å². The number of amides is 1. The van der Waals surface area contributed by atoms with E-state index < -0.39 is 5.97 Å². The molecule has 0 radical (unpaired) electrons. The Kier molecular flexibility index (Phi) is 10.3. The molecule has 0 saturated carbocycles. The third-order valence-electron chi connectivity index (χ3n) is 8.45. The van der Waals surface area contributed by atoms with Crippen molar-refractivity contribution in [1.29, 1.82) is 0 Å². The topological polar surface area (TPSA) is 147 Å². The molecule has 1 fully saturated rings. The minimum Gasteiger partial charge on any atom is -0.481 e. The third-order valence-corrected chi connectivity index (χ3v) is 9.27. The quantitative estimate of drug-likeness (QED) is 0.137. The molecule has 2 aromatic carbocycles. The van der Waals surface area contributed by atoms with Crippen molar-refractivity contribution in [2.45, 2.75) is 38.9 Å². The van der Waals surface area contributed by atoms with Crippen molar-refractivity contribution in [1.82, 2.24) is 30.3 Å². The Morgan fingerprint density at radius 2 is 1.67 bits per heavy atom. The largest absolute Gasteiger partial charge is 0.481 e. The first-order chi connectivity index (χ1) is 23.6. The highest BCUT2D eigenvalue weighted by molar-refractivity contribution is 6.39. The van der Waals surface area contributed by atoms with Crippen molar-refractivity contribution in [3.8, 4) is 39.4 Å². The number of carboxylic acid groups (broad SMARTS) is 1. The Morgan fingerprint density at radius 1 is 0.980 bits per heavy atom. The van der Waals surface area contributed by atoms with Crippen molar-refractivity contribution in [2.24, 2.45) is 0 Å². The second-order valence-corrected chi connectivity index (χ2v) is 12.6. The van der Waals surface area contributed by atoms with Gasteiger partial charge in [-0.25, -0.2) is 9.97 Å². The number of hydrogen-bond acceptors (Lipinski definition) is 8. The number of aryl methyl sites for hydroxylation is 1. The summed E-state index contributed by atoms with van der Waals surface area (Å²) in [4.78, 5) is 44.8.